The number of aromatic nitrogens is 1. The van der Waals surface area contributed by atoms with Gasteiger partial charge in [0.2, 0.25) is 0 Å². The van der Waals surface area contributed by atoms with Crippen LogP contribution in [-0.4, -0.2) is 36.1 Å². The average molecular weight is 443 g/mol. The lowest BCUT2D eigenvalue weighted by atomic mass is 10.0. The van der Waals surface area contributed by atoms with E-state index in [9.17, 15) is 14.4 Å². The van der Waals surface area contributed by atoms with Gasteiger partial charge in [-0.05, 0) is 48.0 Å². The minimum Gasteiger partial charge on any atom is -0.497 e. The number of hydrogen-bond donors (Lipinski definition) is 2. The molecule has 33 heavy (non-hydrogen) atoms. The lowest BCUT2D eigenvalue weighted by molar-refractivity contribution is -0.127. The van der Waals surface area contributed by atoms with Crippen LogP contribution in [0.25, 0.3) is 32.9 Å². The summed E-state index contributed by atoms with van der Waals surface area (Å²) < 4.78 is 10.6. The number of ether oxygens (including phenoxy) is 2. The molecule has 0 radical (unpaired) electrons. The van der Waals surface area contributed by atoms with Crippen LogP contribution in [0.3, 0.4) is 0 Å². The number of methoxy groups -OCH3 is 1. The summed E-state index contributed by atoms with van der Waals surface area (Å²) in [5.74, 6) is -0.759. The van der Waals surface area contributed by atoms with Crippen molar-refractivity contribution in [2.75, 3.05) is 7.11 Å². The average Bonchev–Trinajstić information content (AvgIpc) is 2.82. The maximum atomic E-state index is 13.0. The van der Waals surface area contributed by atoms with Crippen molar-refractivity contribution < 1.29 is 23.9 Å². The molecule has 1 aromatic heterocycles. The number of pyridine rings is 1. The van der Waals surface area contributed by atoms with E-state index in [0.717, 1.165) is 22.1 Å². The van der Waals surface area contributed by atoms with Crippen LogP contribution in [-0.2, 0) is 9.53 Å². The topological polar surface area (TPSA) is 121 Å². The summed E-state index contributed by atoms with van der Waals surface area (Å²) in [6.07, 6.45) is -1.21. The Morgan fingerprint density at radius 2 is 1.70 bits per heavy atom. The molecule has 3 aromatic carbocycles. The molecular weight excluding hydrogens is 422 g/mol. The van der Waals surface area contributed by atoms with Crippen LogP contribution >= 0.6 is 0 Å². The number of amides is 3. The first-order valence-electron chi connectivity index (χ1n) is 10.1. The van der Waals surface area contributed by atoms with Gasteiger partial charge in [-0.1, -0.05) is 36.4 Å². The van der Waals surface area contributed by atoms with Gasteiger partial charge in [0, 0.05) is 10.9 Å². The Labute approximate surface area is 189 Å². The van der Waals surface area contributed by atoms with Crippen LogP contribution in [0.5, 0.6) is 5.75 Å². The summed E-state index contributed by atoms with van der Waals surface area (Å²) >= 11 is 0. The Morgan fingerprint density at radius 3 is 2.45 bits per heavy atom. The van der Waals surface area contributed by atoms with Gasteiger partial charge in [-0.25, -0.2) is 14.6 Å². The van der Waals surface area contributed by atoms with Crippen LogP contribution in [0, 0.1) is 0 Å². The Kier molecular flexibility index (Phi) is 5.91. The van der Waals surface area contributed by atoms with Crippen LogP contribution in [0.1, 0.15) is 17.3 Å². The Morgan fingerprint density at radius 1 is 0.970 bits per heavy atom. The van der Waals surface area contributed by atoms with E-state index >= 15 is 0 Å². The van der Waals surface area contributed by atoms with Gasteiger partial charge in [0.15, 0.2) is 6.10 Å². The van der Waals surface area contributed by atoms with Crippen molar-refractivity contribution in [1.82, 2.24) is 10.3 Å². The summed E-state index contributed by atoms with van der Waals surface area (Å²) in [6, 6.07) is 19.4. The number of para-hydroxylation sites is 1. The fourth-order valence-corrected chi connectivity index (χ4v) is 3.50. The number of nitrogens with two attached hydrogens (primary N) is 1. The van der Waals surface area contributed by atoms with E-state index in [1.165, 1.54) is 6.92 Å². The molecule has 0 bridgehead atoms. The van der Waals surface area contributed by atoms with E-state index in [2.05, 4.69) is 0 Å². The van der Waals surface area contributed by atoms with E-state index in [0.29, 0.717) is 16.6 Å². The molecule has 0 unspecified atom stereocenters. The van der Waals surface area contributed by atoms with Crippen molar-refractivity contribution in [3.63, 3.8) is 0 Å². The highest BCUT2D eigenvalue weighted by Gasteiger charge is 2.22. The standard InChI is InChI=1S/C25H21N3O5/c1-14(23(29)28-25(26)31)33-24(30)20-13-22(27-21-6-4-3-5-19(20)21)17-8-7-16-12-18(32-2)10-9-15(16)11-17/h3-14H,1-2H3,(H3,26,28,29,31)/t14-/m0/s1. The van der Waals surface area contributed by atoms with Crippen molar-refractivity contribution in [3.05, 3.63) is 72.3 Å². The zero-order valence-electron chi connectivity index (χ0n) is 18.0. The molecule has 8 heteroatoms. The number of nitrogens with zero attached hydrogens (tertiary/aromatic N) is 1. The summed E-state index contributed by atoms with van der Waals surface area (Å²) in [6.45, 7) is 1.36. The smallest absolute Gasteiger partial charge is 0.339 e. The van der Waals surface area contributed by atoms with E-state index in [4.69, 9.17) is 20.2 Å². The van der Waals surface area contributed by atoms with Gasteiger partial charge in [-0.2, -0.15) is 0 Å². The molecule has 8 nitrogen and oxygen atoms in total. The number of carbonyl (C=O) groups is 3. The lowest BCUT2D eigenvalue weighted by Gasteiger charge is -2.14. The number of imide groups is 1. The molecule has 0 saturated carbocycles. The van der Waals surface area contributed by atoms with Gasteiger partial charge in [-0.3, -0.25) is 10.1 Å². The molecule has 0 saturated heterocycles. The molecule has 4 rings (SSSR count). The number of esters is 1. The summed E-state index contributed by atoms with van der Waals surface area (Å²) in [7, 11) is 1.62. The minimum absolute atomic E-state index is 0.254. The van der Waals surface area contributed by atoms with Crippen molar-refractivity contribution in [2.24, 2.45) is 5.73 Å². The van der Waals surface area contributed by atoms with Gasteiger partial charge in [0.25, 0.3) is 5.91 Å². The molecule has 0 aliphatic carbocycles. The van der Waals surface area contributed by atoms with Crippen LogP contribution < -0.4 is 15.8 Å². The summed E-state index contributed by atoms with van der Waals surface area (Å²) in [5, 5.41) is 4.48. The normalized spacial score (nSPS) is 11.7. The second-order valence-electron chi connectivity index (χ2n) is 7.40. The summed E-state index contributed by atoms with van der Waals surface area (Å²) in [4.78, 5) is 40.5. The molecule has 3 amide bonds. The molecule has 0 fully saturated rings. The van der Waals surface area contributed by atoms with Crippen molar-refractivity contribution in [1.29, 1.82) is 0 Å². The highest BCUT2D eigenvalue weighted by molar-refractivity contribution is 6.06. The molecule has 166 valence electrons. The van der Waals surface area contributed by atoms with Crippen molar-refractivity contribution >= 4 is 39.6 Å². The summed E-state index contributed by atoms with van der Waals surface area (Å²) in [5.41, 5.74) is 7.21. The molecule has 1 atom stereocenters. The fourth-order valence-electron chi connectivity index (χ4n) is 3.50. The minimum atomic E-state index is -1.21. The number of urea groups is 1. The zero-order valence-corrected chi connectivity index (χ0v) is 18.0. The Bertz CT molecular complexity index is 1400. The highest BCUT2D eigenvalue weighted by Crippen LogP contribution is 2.29. The van der Waals surface area contributed by atoms with E-state index < -0.39 is 24.0 Å². The van der Waals surface area contributed by atoms with Gasteiger partial charge in [0.05, 0.1) is 23.9 Å². The largest absolute Gasteiger partial charge is 0.497 e. The number of hydrogen-bond acceptors (Lipinski definition) is 6. The predicted molar refractivity (Wildman–Crippen MR) is 124 cm³/mol. The first-order chi connectivity index (χ1) is 15.9. The molecule has 0 aliphatic heterocycles. The number of carbonyl (C=O) groups excluding carboxylic acids is 3. The molecule has 4 aromatic rings. The van der Waals surface area contributed by atoms with E-state index in [1.54, 1.807) is 31.4 Å². The second-order valence-corrected chi connectivity index (χ2v) is 7.40. The van der Waals surface area contributed by atoms with Gasteiger partial charge < -0.3 is 15.2 Å². The van der Waals surface area contributed by atoms with Crippen LogP contribution in [0.4, 0.5) is 4.79 Å². The third-order valence-electron chi connectivity index (χ3n) is 5.18. The number of primary amides is 1. The number of benzene rings is 3. The maximum Gasteiger partial charge on any atom is 0.339 e. The van der Waals surface area contributed by atoms with E-state index in [-0.39, 0.29) is 5.56 Å². The van der Waals surface area contributed by atoms with Crippen molar-refractivity contribution in [2.45, 2.75) is 13.0 Å². The fraction of sp³-hybridized carbons (Fsp3) is 0.120. The second kappa shape index (κ2) is 8.96. The maximum absolute atomic E-state index is 13.0. The third kappa shape index (κ3) is 4.59. The highest BCUT2D eigenvalue weighted by atomic mass is 16.5. The SMILES string of the molecule is COc1ccc2cc(-c3cc(C(=O)O[C@@H](C)C(=O)NC(N)=O)c4ccccc4n3)ccc2c1. The monoisotopic (exact) mass is 443 g/mol. The zero-order chi connectivity index (χ0) is 23.5. The van der Waals surface area contributed by atoms with Gasteiger partial charge in [0.1, 0.15) is 5.75 Å². The predicted octanol–water partition coefficient (Wildman–Crippen LogP) is 3.80. The number of rotatable bonds is 5. The van der Waals surface area contributed by atoms with E-state index in [1.807, 2.05) is 47.8 Å². The Hall–Kier alpha value is -4.46. The Balaban J connectivity index is 1.74. The molecule has 0 spiro atoms. The quantitative estimate of drug-likeness (QED) is 0.453. The third-order valence-corrected chi connectivity index (χ3v) is 5.18. The van der Waals surface area contributed by atoms with Crippen molar-refractivity contribution in [3.8, 4) is 17.0 Å². The molecular formula is C25H21N3O5. The molecule has 3 N–H and O–H groups in total. The lowest BCUT2D eigenvalue weighted by Crippen LogP contribution is -2.42. The van der Waals surface area contributed by atoms with Gasteiger partial charge in [-0.15, -0.1) is 0 Å². The first kappa shape index (κ1) is 21.8. The molecule has 1 heterocycles. The molecule has 0 aliphatic rings. The number of nitrogens with one attached hydrogen (secondary N) is 1. The number of fused-ring (bicyclic) bond motifs is 2. The van der Waals surface area contributed by atoms with Crippen LogP contribution in [0.2, 0.25) is 0 Å². The van der Waals surface area contributed by atoms with Gasteiger partial charge >= 0.3 is 12.0 Å². The first-order valence-corrected chi connectivity index (χ1v) is 10.1. The van der Waals surface area contributed by atoms with Crippen LogP contribution in [0.15, 0.2) is 66.7 Å².